The normalized spacial score (nSPS) is 11.5. The van der Waals surface area contributed by atoms with E-state index in [1.807, 2.05) is 38.1 Å². The molecule has 6 heteroatoms. The highest BCUT2D eigenvalue weighted by Gasteiger charge is 2.13. The molecule has 0 aliphatic rings. The van der Waals surface area contributed by atoms with Crippen LogP contribution in [0, 0.1) is 13.8 Å². The van der Waals surface area contributed by atoms with Crippen molar-refractivity contribution in [3.05, 3.63) is 95.5 Å². The molecule has 170 valence electrons. The molecular formula is C28H25N3O3. The van der Waals surface area contributed by atoms with Gasteiger partial charge in [-0.1, -0.05) is 30.3 Å². The number of ether oxygens (including phenoxy) is 1. The summed E-state index contributed by atoms with van der Waals surface area (Å²) in [5.41, 5.74) is 7.33. The molecule has 0 fully saturated rings. The van der Waals surface area contributed by atoms with E-state index in [9.17, 15) is 4.79 Å². The zero-order valence-electron chi connectivity index (χ0n) is 19.3. The van der Waals surface area contributed by atoms with Crippen LogP contribution in [0.4, 0.5) is 0 Å². The van der Waals surface area contributed by atoms with Gasteiger partial charge >= 0.3 is 5.91 Å². The summed E-state index contributed by atoms with van der Waals surface area (Å²) in [7, 11) is 0. The predicted molar refractivity (Wildman–Crippen MR) is 135 cm³/mol. The highest BCUT2D eigenvalue weighted by molar-refractivity contribution is 5.97. The van der Waals surface area contributed by atoms with E-state index < -0.39 is 5.91 Å². The monoisotopic (exact) mass is 451 g/mol. The van der Waals surface area contributed by atoms with Crippen molar-refractivity contribution in [2.75, 3.05) is 6.61 Å². The van der Waals surface area contributed by atoms with E-state index in [0.29, 0.717) is 12.2 Å². The van der Waals surface area contributed by atoms with Crippen LogP contribution in [0.25, 0.3) is 27.4 Å². The molecule has 0 atom stereocenters. The number of carbonyl (C=O) groups is 1. The fraction of sp³-hybridized carbons (Fsp3) is 0.143. The maximum Gasteiger partial charge on any atom is 0.307 e. The molecule has 2 heterocycles. The number of nitrogens with one attached hydrogen (secondary N) is 1. The molecule has 2 aromatic heterocycles. The van der Waals surface area contributed by atoms with E-state index in [1.54, 1.807) is 18.3 Å². The number of nitrogens with zero attached hydrogens (tertiary/aromatic N) is 2. The second kappa shape index (κ2) is 8.90. The van der Waals surface area contributed by atoms with Crippen LogP contribution in [0.2, 0.25) is 0 Å². The first-order chi connectivity index (χ1) is 16.5. The second-order valence-electron chi connectivity index (χ2n) is 8.14. The molecule has 0 saturated carbocycles. The van der Waals surface area contributed by atoms with Gasteiger partial charge in [-0.2, -0.15) is 5.10 Å². The van der Waals surface area contributed by atoms with Gasteiger partial charge in [-0.15, -0.1) is 0 Å². The molecule has 0 spiro atoms. The number of fused-ring (bicyclic) bond motifs is 2. The maximum absolute atomic E-state index is 12.6. The van der Waals surface area contributed by atoms with Gasteiger partial charge in [-0.05, 0) is 74.0 Å². The van der Waals surface area contributed by atoms with Gasteiger partial charge in [0.05, 0.1) is 12.8 Å². The fourth-order valence-electron chi connectivity index (χ4n) is 4.24. The predicted octanol–water partition coefficient (Wildman–Crippen LogP) is 6.16. The first kappa shape index (κ1) is 21.5. The van der Waals surface area contributed by atoms with E-state index in [1.165, 1.54) is 10.8 Å². The smallest absolute Gasteiger partial charge is 0.307 e. The Labute approximate surface area is 197 Å². The van der Waals surface area contributed by atoms with Crippen LogP contribution in [-0.2, 0) is 0 Å². The molecule has 5 rings (SSSR count). The summed E-state index contributed by atoms with van der Waals surface area (Å²) in [4.78, 5) is 12.6. The average Bonchev–Trinajstić information content (AvgIpc) is 3.39. The lowest BCUT2D eigenvalue weighted by molar-refractivity contribution is 0.0929. The molecule has 3 aromatic carbocycles. The second-order valence-corrected chi connectivity index (χ2v) is 8.14. The van der Waals surface area contributed by atoms with Crippen molar-refractivity contribution >= 4 is 33.9 Å². The fourth-order valence-corrected chi connectivity index (χ4v) is 4.24. The Balaban J connectivity index is 1.34. The summed E-state index contributed by atoms with van der Waals surface area (Å²) >= 11 is 0. The van der Waals surface area contributed by atoms with Gasteiger partial charge in [-0.25, -0.2) is 5.43 Å². The number of hydrazone groups is 1. The zero-order chi connectivity index (χ0) is 23.7. The Morgan fingerprint density at radius 2 is 1.82 bits per heavy atom. The summed E-state index contributed by atoms with van der Waals surface area (Å²) in [5, 5.41) is 7.37. The first-order valence-electron chi connectivity index (χ1n) is 11.2. The van der Waals surface area contributed by atoms with Gasteiger partial charge in [0.1, 0.15) is 11.3 Å². The molecule has 0 radical (unpaired) electrons. The molecule has 6 nitrogen and oxygen atoms in total. The third-order valence-corrected chi connectivity index (χ3v) is 5.85. The summed E-state index contributed by atoms with van der Waals surface area (Å²) in [5.74, 6) is 0.527. The number of amides is 1. The minimum atomic E-state index is -0.409. The van der Waals surface area contributed by atoms with Gasteiger partial charge in [0, 0.05) is 28.0 Å². The van der Waals surface area contributed by atoms with Gasteiger partial charge in [0.25, 0.3) is 0 Å². The molecule has 34 heavy (non-hydrogen) atoms. The van der Waals surface area contributed by atoms with E-state index in [-0.39, 0.29) is 5.76 Å². The Morgan fingerprint density at radius 3 is 2.65 bits per heavy atom. The number of aryl methyl sites for hydroxylation is 1. The van der Waals surface area contributed by atoms with Crippen molar-refractivity contribution in [2.45, 2.75) is 20.8 Å². The molecule has 0 aliphatic carbocycles. The van der Waals surface area contributed by atoms with Crippen LogP contribution in [-0.4, -0.2) is 23.3 Å². The molecule has 0 unspecified atom stereocenters. The summed E-state index contributed by atoms with van der Waals surface area (Å²) < 4.78 is 13.4. The van der Waals surface area contributed by atoms with Crippen molar-refractivity contribution in [1.29, 1.82) is 0 Å². The Bertz CT molecular complexity index is 1540. The topological polar surface area (TPSA) is 68.8 Å². The number of hydrogen-bond acceptors (Lipinski definition) is 4. The van der Waals surface area contributed by atoms with E-state index >= 15 is 0 Å². The lowest BCUT2D eigenvalue weighted by atomic mass is 10.1. The first-order valence-corrected chi connectivity index (χ1v) is 11.2. The third kappa shape index (κ3) is 4.06. The average molecular weight is 452 g/mol. The van der Waals surface area contributed by atoms with E-state index in [2.05, 4.69) is 58.4 Å². The largest absolute Gasteiger partial charge is 0.494 e. The SMILES string of the molecule is CCOc1ccc2oc(C(=O)N/N=C/c3cc(C)n(-c4ccc5ccccc5c4)c3C)cc2c1. The molecule has 1 amide bonds. The quantitative estimate of drug-likeness (QED) is 0.248. The number of furan rings is 1. The zero-order valence-corrected chi connectivity index (χ0v) is 19.3. The standard InChI is InChI=1S/C28H25N3O3/c1-4-33-25-11-12-26-22(15-25)16-27(34-26)28(32)30-29-17-23-13-18(2)31(19(23)3)24-10-9-20-7-5-6-8-21(20)14-24/h5-17H,4H2,1-3H3,(H,30,32)/b29-17+. The van der Waals surface area contributed by atoms with Crippen LogP contribution >= 0.6 is 0 Å². The molecule has 0 aliphatic heterocycles. The lowest BCUT2D eigenvalue weighted by Crippen LogP contribution is -2.16. The lowest BCUT2D eigenvalue weighted by Gasteiger charge is -2.11. The van der Waals surface area contributed by atoms with Crippen LogP contribution in [0.3, 0.4) is 0 Å². The maximum atomic E-state index is 12.6. The van der Waals surface area contributed by atoms with Gasteiger partial charge < -0.3 is 13.7 Å². The summed E-state index contributed by atoms with van der Waals surface area (Å²) in [6, 6.07) is 23.9. The van der Waals surface area contributed by atoms with Crippen molar-refractivity contribution in [2.24, 2.45) is 5.10 Å². The van der Waals surface area contributed by atoms with Crippen LogP contribution in [0.1, 0.15) is 34.4 Å². The Morgan fingerprint density at radius 1 is 1.00 bits per heavy atom. The van der Waals surface area contributed by atoms with Crippen molar-refractivity contribution in [3.63, 3.8) is 0 Å². The molecule has 5 aromatic rings. The number of hydrogen-bond donors (Lipinski definition) is 1. The molecule has 1 N–H and O–H groups in total. The molecule has 0 bridgehead atoms. The van der Waals surface area contributed by atoms with Crippen molar-refractivity contribution in [1.82, 2.24) is 9.99 Å². The number of carbonyl (C=O) groups excluding carboxylic acids is 1. The minimum Gasteiger partial charge on any atom is -0.494 e. The van der Waals surface area contributed by atoms with Gasteiger partial charge in [-0.3, -0.25) is 4.79 Å². The van der Waals surface area contributed by atoms with E-state index in [4.69, 9.17) is 9.15 Å². The highest BCUT2D eigenvalue weighted by atomic mass is 16.5. The summed E-state index contributed by atoms with van der Waals surface area (Å²) in [6.45, 7) is 6.60. The number of rotatable bonds is 6. The Kier molecular flexibility index (Phi) is 5.64. The van der Waals surface area contributed by atoms with Crippen molar-refractivity contribution in [3.8, 4) is 11.4 Å². The number of benzene rings is 3. The van der Waals surface area contributed by atoms with E-state index in [0.717, 1.165) is 33.8 Å². The summed E-state index contributed by atoms with van der Waals surface area (Å²) in [6.07, 6.45) is 1.66. The molecule has 0 saturated heterocycles. The highest BCUT2D eigenvalue weighted by Crippen LogP contribution is 2.25. The minimum absolute atomic E-state index is 0.197. The van der Waals surface area contributed by atoms with Gasteiger partial charge in [0.2, 0.25) is 0 Å². The van der Waals surface area contributed by atoms with Crippen LogP contribution in [0.5, 0.6) is 5.75 Å². The van der Waals surface area contributed by atoms with Crippen molar-refractivity contribution < 1.29 is 13.9 Å². The van der Waals surface area contributed by atoms with Crippen LogP contribution in [0.15, 0.2) is 82.3 Å². The Hall–Kier alpha value is -4.32. The number of aromatic nitrogens is 1. The third-order valence-electron chi connectivity index (χ3n) is 5.85. The van der Waals surface area contributed by atoms with Gasteiger partial charge in [0.15, 0.2) is 5.76 Å². The molecular weight excluding hydrogens is 426 g/mol. The van der Waals surface area contributed by atoms with Crippen LogP contribution < -0.4 is 10.2 Å².